The number of hydrogen-bond acceptors (Lipinski definition) is 6. The molecule has 0 spiro atoms. The van der Waals surface area contributed by atoms with Crippen LogP contribution in [0.1, 0.15) is 49.0 Å². The number of hydrogen-bond donors (Lipinski definition) is 0. The molecule has 1 unspecified atom stereocenters. The van der Waals surface area contributed by atoms with Gasteiger partial charge in [0.15, 0.2) is 5.75 Å². The van der Waals surface area contributed by atoms with E-state index in [2.05, 4.69) is 30.0 Å². The zero-order valence-corrected chi connectivity index (χ0v) is 20.6. The van der Waals surface area contributed by atoms with Crippen LogP contribution >= 0.6 is 0 Å². The summed E-state index contributed by atoms with van der Waals surface area (Å²) >= 11 is 0. The Balaban J connectivity index is 1.53. The molecule has 1 aliphatic rings. The lowest BCUT2D eigenvalue weighted by Gasteiger charge is -2.26. The van der Waals surface area contributed by atoms with Gasteiger partial charge in [-0.15, -0.1) is 0 Å². The van der Waals surface area contributed by atoms with E-state index in [0.717, 1.165) is 48.5 Å². The topological polar surface area (TPSA) is 78.0 Å². The number of nitrogens with zero attached hydrogens (tertiary/aromatic N) is 2. The number of likely N-dealkylation sites (tertiary alicyclic amines) is 1. The molecular weight excluding hydrogens is 444 g/mol. The first-order valence-electron chi connectivity index (χ1n) is 12.3. The summed E-state index contributed by atoms with van der Waals surface area (Å²) in [4.78, 5) is 13.3. The van der Waals surface area contributed by atoms with Crippen molar-refractivity contribution in [1.29, 1.82) is 0 Å². The molecule has 35 heavy (non-hydrogen) atoms. The second-order valence-electron chi connectivity index (χ2n) is 9.20. The van der Waals surface area contributed by atoms with Gasteiger partial charge in [-0.1, -0.05) is 25.5 Å². The number of ether oxygens (including phenoxy) is 2. The van der Waals surface area contributed by atoms with Gasteiger partial charge in [0.05, 0.1) is 31.5 Å². The number of nitro benzene ring substituents is 1. The Morgan fingerprint density at radius 3 is 2.54 bits per heavy atom. The van der Waals surface area contributed by atoms with E-state index in [1.54, 1.807) is 18.4 Å². The number of rotatable bonds is 11. The molecule has 1 atom stereocenters. The van der Waals surface area contributed by atoms with Crippen LogP contribution in [-0.2, 0) is 17.8 Å². The Kier molecular flexibility index (Phi) is 8.55. The highest BCUT2D eigenvalue weighted by atomic mass is 16.6. The van der Waals surface area contributed by atoms with Gasteiger partial charge >= 0.3 is 5.69 Å². The monoisotopic (exact) mass is 478 g/mol. The van der Waals surface area contributed by atoms with E-state index in [1.807, 2.05) is 12.1 Å². The minimum absolute atomic E-state index is 0.0404. The molecular formula is C28H34N2O5. The van der Waals surface area contributed by atoms with Gasteiger partial charge in [-0.25, -0.2) is 0 Å². The van der Waals surface area contributed by atoms with Crippen LogP contribution in [0.3, 0.4) is 0 Å². The van der Waals surface area contributed by atoms with Crippen molar-refractivity contribution >= 4 is 5.69 Å². The summed E-state index contributed by atoms with van der Waals surface area (Å²) in [5.41, 5.74) is 4.14. The lowest BCUT2D eigenvalue weighted by Crippen LogP contribution is -2.32. The van der Waals surface area contributed by atoms with Gasteiger partial charge in [-0.05, 0) is 84.9 Å². The van der Waals surface area contributed by atoms with Crippen molar-refractivity contribution in [3.8, 4) is 16.9 Å². The third-order valence-electron chi connectivity index (χ3n) is 6.73. The normalized spacial score (nSPS) is 15.1. The van der Waals surface area contributed by atoms with E-state index in [4.69, 9.17) is 13.9 Å². The largest absolute Gasteiger partial charge is 0.490 e. The molecule has 0 radical (unpaired) electrons. The Bertz CT molecular complexity index is 1110. The van der Waals surface area contributed by atoms with E-state index in [0.29, 0.717) is 13.2 Å². The average molecular weight is 479 g/mol. The second-order valence-corrected chi connectivity index (χ2v) is 9.20. The van der Waals surface area contributed by atoms with E-state index in [-0.39, 0.29) is 17.4 Å². The van der Waals surface area contributed by atoms with E-state index < -0.39 is 4.92 Å². The smallest absolute Gasteiger partial charge is 0.310 e. The van der Waals surface area contributed by atoms with Crippen LogP contribution in [0.25, 0.3) is 11.1 Å². The fraction of sp³-hybridized carbons (Fsp3) is 0.429. The maximum atomic E-state index is 11.3. The average Bonchev–Trinajstić information content (AvgIpc) is 3.43. The summed E-state index contributed by atoms with van der Waals surface area (Å²) in [5.74, 6) is 1.45. The van der Waals surface area contributed by atoms with Crippen LogP contribution in [0, 0.1) is 10.1 Å². The highest BCUT2D eigenvalue weighted by molar-refractivity contribution is 5.69. The molecule has 7 nitrogen and oxygen atoms in total. The number of benzene rings is 2. The van der Waals surface area contributed by atoms with Crippen LogP contribution in [0.5, 0.6) is 5.75 Å². The molecule has 7 heteroatoms. The minimum Gasteiger partial charge on any atom is -0.490 e. The van der Waals surface area contributed by atoms with Gasteiger partial charge < -0.3 is 18.8 Å². The van der Waals surface area contributed by atoms with E-state index in [1.165, 1.54) is 38.0 Å². The van der Waals surface area contributed by atoms with E-state index in [9.17, 15) is 10.1 Å². The Morgan fingerprint density at radius 2 is 1.83 bits per heavy atom. The van der Waals surface area contributed by atoms with Crippen molar-refractivity contribution in [2.45, 2.75) is 45.1 Å². The highest BCUT2D eigenvalue weighted by Crippen LogP contribution is 2.34. The van der Waals surface area contributed by atoms with Gasteiger partial charge in [0, 0.05) is 18.5 Å². The zero-order chi connectivity index (χ0) is 24.6. The fourth-order valence-corrected chi connectivity index (χ4v) is 4.71. The van der Waals surface area contributed by atoms with Gasteiger partial charge in [0.1, 0.15) is 5.76 Å². The SMILES string of the molecule is COc1cc(-c2ccc(CC(C)c3ccco3)c(COCCN3CCCCC3)c2)ccc1[N+](=O)[O-]. The van der Waals surface area contributed by atoms with Gasteiger partial charge in [-0.3, -0.25) is 10.1 Å². The first kappa shape index (κ1) is 24.9. The van der Waals surface area contributed by atoms with Crippen LogP contribution in [0.4, 0.5) is 5.69 Å². The standard InChI is InChI=1S/C28H34N2O5/c1-21(27-7-6-15-35-27)17-22-8-9-23(24-10-11-26(30(31)32)28(19-24)33-2)18-25(22)20-34-16-14-29-12-4-3-5-13-29/h6-11,15,18-19,21H,3-5,12-14,16-17,20H2,1-2H3. The summed E-state index contributed by atoms with van der Waals surface area (Å²) in [6, 6.07) is 15.2. The quantitative estimate of drug-likeness (QED) is 0.185. The minimum atomic E-state index is -0.427. The predicted octanol–water partition coefficient (Wildman–Crippen LogP) is 6.21. The molecule has 2 aromatic carbocycles. The second kappa shape index (κ2) is 12.0. The van der Waals surface area contributed by atoms with Crippen LogP contribution in [0.15, 0.2) is 59.2 Å². The number of piperidine rings is 1. The first-order chi connectivity index (χ1) is 17.0. The molecule has 2 heterocycles. The number of methoxy groups -OCH3 is 1. The van der Waals surface area contributed by atoms with Crippen LogP contribution < -0.4 is 4.74 Å². The summed E-state index contributed by atoms with van der Waals surface area (Å²) in [6.45, 7) is 6.65. The maximum absolute atomic E-state index is 11.3. The molecule has 1 aliphatic heterocycles. The van der Waals surface area contributed by atoms with Crippen molar-refractivity contribution < 1.29 is 18.8 Å². The Labute approximate surface area is 206 Å². The predicted molar refractivity (Wildman–Crippen MR) is 136 cm³/mol. The van der Waals surface area contributed by atoms with Crippen molar-refractivity contribution in [2.75, 3.05) is 33.4 Å². The molecule has 1 aromatic heterocycles. The summed E-state index contributed by atoms with van der Waals surface area (Å²) < 4.78 is 17.0. The molecule has 0 N–H and O–H groups in total. The van der Waals surface area contributed by atoms with Crippen molar-refractivity contribution in [3.05, 3.63) is 81.8 Å². The van der Waals surface area contributed by atoms with Crippen molar-refractivity contribution in [1.82, 2.24) is 4.90 Å². The Morgan fingerprint density at radius 1 is 1.06 bits per heavy atom. The Hall–Kier alpha value is -3.16. The lowest BCUT2D eigenvalue weighted by molar-refractivity contribution is -0.385. The molecule has 1 saturated heterocycles. The van der Waals surface area contributed by atoms with Gasteiger partial charge in [0.2, 0.25) is 0 Å². The molecule has 3 aromatic rings. The maximum Gasteiger partial charge on any atom is 0.310 e. The van der Waals surface area contributed by atoms with Crippen LogP contribution in [0.2, 0.25) is 0 Å². The molecule has 4 rings (SSSR count). The molecule has 0 bridgehead atoms. The van der Waals surface area contributed by atoms with Crippen LogP contribution in [-0.4, -0.2) is 43.2 Å². The molecule has 186 valence electrons. The number of furan rings is 1. The molecule has 1 fully saturated rings. The molecule has 0 amide bonds. The first-order valence-corrected chi connectivity index (χ1v) is 12.3. The third kappa shape index (κ3) is 6.50. The summed E-state index contributed by atoms with van der Waals surface area (Å²) in [7, 11) is 1.45. The number of nitro groups is 1. The van der Waals surface area contributed by atoms with Crippen molar-refractivity contribution in [3.63, 3.8) is 0 Å². The van der Waals surface area contributed by atoms with Crippen molar-refractivity contribution in [2.24, 2.45) is 0 Å². The summed E-state index contributed by atoms with van der Waals surface area (Å²) in [5, 5.41) is 11.3. The summed E-state index contributed by atoms with van der Waals surface area (Å²) in [6.07, 6.45) is 6.42. The van der Waals surface area contributed by atoms with Gasteiger partial charge in [0.25, 0.3) is 0 Å². The lowest BCUT2D eigenvalue weighted by atomic mass is 9.92. The third-order valence-corrected chi connectivity index (χ3v) is 6.73. The molecule has 0 aliphatic carbocycles. The van der Waals surface area contributed by atoms with Gasteiger partial charge in [-0.2, -0.15) is 0 Å². The highest BCUT2D eigenvalue weighted by Gasteiger charge is 2.17. The molecule has 0 saturated carbocycles. The van der Waals surface area contributed by atoms with E-state index >= 15 is 0 Å². The zero-order valence-electron chi connectivity index (χ0n) is 20.6. The fourth-order valence-electron chi connectivity index (χ4n) is 4.71.